The lowest BCUT2D eigenvalue weighted by Crippen LogP contribution is -2.14. The van der Waals surface area contributed by atoms with Gasteiger partial charge in [-0.05, 0) is 11.6 Å². The van der Waals surface area contributed by atoms with E-state index < -0.39 is 6.04 Å². The highest BCUT2D eigenvalue weighted by atomic mass is 16.1. The molecular weight excluding hydrogens is 166 g/mol. The molecule has 4 heteroatoms. The van der Waals surface area contributed by atoms with Crippen LogP contribution in [0.1, 0.15) is 11.6 Å². The Morgan fingerprint density at radius 1 is 1.54 bits per heavy atom. The average Bonchev–Trinajstić information content (AvgIpc) is 2.17. The van der Waals surface area contributed by atoms with Gasteiger partial charge in [0.15, 0.2) is 0 Å². The molecule has 1 heterocycles. The Labute approximate surface area is 77.4 Å². The smallest absolute Gasteiger partial charge is 0.141 e. The number of hydrogen-bond donors (Lipinski definition) is 1. The molecule has 0 amide bonds. The maximum Gasteiger partial charge on any atom is 0.141 e. The van der Waals surface area contributed by atoms with Gasteiger partial charge in [0.1, 0.15) is 12.1 Å². The van der Waals surface area contributed by atoms with E-state index in [1.807, 2.05) is 25.1 Å². The molecule has 0 fully saturated rings. The van der Waals surface area contributed by atoms with Gasteiger partial charge >= 0.3 is 0 Å². The summed E-state index contributed by atoms with van der Waals surface area (Å²) in [6.45, 7) is 0. The van der Waals surface area contributed by atoms with Crippen LogP contribution in [0.3, 0.4) is 0 Å². The summed E-state index contributed by atoms with van der Waals surface area (Å²) in [5.74, 6) is 0.849. The Morgan fingerprint density at radius 3 is 2.62 bits per heavy atom. The van der Waals surface area contributed by atoms with Gasteiger partial charge in [-0.15, -0.1) is 0 Å². The lowest BCUT2D eigenvalue weighted by molar-refractivity contribution is -0.109. The fourth-order valence-corrected chi connectivity index (χ4v) is 0.938. The van der Waals surface area contributed by atoms with Crippen LogP contribution in [0.15, 0.2) is 18.3 Å². The van der Waals surface area contributed by atoms with Crippen LogP contribution in [0.4, 0.5) is 5.82 Å². The first kappa shape index (κ1) is 9.67. The minimum Gasteiger partial charge on any atom is -0.363 e. The Balaban J connectivity index is 2.87. The van der Waals surface area contributed by atoms with Gasteiger partial charge in [-0.2, -0.15) is 0 Å². The second-order valence-electron chi connectivity index (χ2n) is 3.01. The second-order valence-corrected chi connectivity index (χ2v) is 3.01. The van der Waals surface area contributed by atoms with Gasteiger partial charge < -0.3 is 15.4 Å². The lowest BCUT2D eigenvalue weighted by Gasteiger charge is -2.11. The molecule has 4 nitrogen and oxygen atoms in total. The standard InChI is InChI=1S/C9H13N3O/c1-12(2)9-4-3-7(5-11-9)8(10)6-13/h3-6,8H,10H2,1-2H3. The van der Waals surface area contributed by atoms with Crippen molar-refractivity contribution in [2.75, 3.05) is 19.0 Å². The third kappa shape index (κ3) is 2.26. The first-order valence-electron chi connectivity index (χ1n) is 3.99. The maximum absolute atomic E-state index is 10.4. The zero-order chi connectivity index (χ0) is 9.84. The summed E-state index contributed by atoms with van der Waals surface area (Å²) < 4.78 is 0. The van der Waals surface area contributed by atoms with Crippen LogP contribution in [0, 0.1) is 0 Å². The van der Waals surface area contributed by atoms with Crippen molar-refractivity contribution in [2.24, 2.45) is 5.73 Å². The van der Waals surface area contributed by atoms with Crippen molar-refractivity contribution in [3.8, 4) is 0 Å². The molecule has 0 saturated heterocycles. The Bertz CT molecular complexity index is 281. The number of anilines is 1. The SMILES string of the molecule is CN(C)c1ccc(C(N)C=O)cn1. The van der Waals surface area contributed by atoms with Crippen LogP contribution >= 0.6 is 0 Å². The van der Waals surface area contributed by atoms with Gasteiger partial charge in [-0.3, -0.25) is 0 Å². The molecule has 0 spiro atoms. The maximum atomic E-state index is 10.4. The summed E-state index contributed by atoms with van der Waals surface area (Å²) in [6.07, 6.45) is 2.32. The van der Waals surface area contributed by atoms with Gasteiger partial charge in [0.2, 0.25) is 0 Å². The summed E-state index contributed by atoms with van der Waals surface area (Å²) in [5, 5.41) is 0. The summed E-state index contributed by atoms with van der Waals surface area (Å²) >= 11 is 0. The predicted octanol–water partition coefficient (Wildman–Crippen LogP) is 0.346. The number of pyridine rings is 1. The zero-order valence-electron chi connectivity index (χ0n) is 7.77. The summed E-state index contributed by atoms with van der Waals surface area (Å²) in [4.78, 5) is 16.4. The molecule has 0 aromatic carbocycles. The first-order valence-corrected chi connectivity index (χ1v) is 3.99. The number of nitrogens with two attached hydrogens (primary N) is 1. The van der Waals surface area contributed by atoms with Crippen molar-refractivity contribution < 1.29 is 4.79 Å². The number of nitrogens with zero attached hydrogens (tertiary/aromatic N) is 2. The highest BCUT2D eigenvalue weighted by Gasteiger charge is 2.04. The molecule has 0 saturated carbocycles. The minimum absolute atomic E-state index is 0.566. The fourth-order valence-electron chi connectivity index (χ4n) is 0.938. The molecule has 0 aliphatic rings. The molecule has 0 aliphatic heterocycles. The van der Waals surface area contributed by atoms with Crippen molar-refractivity contribution in [3.05, 3.63) is 23.9 Å². The van der Waals surface area contributed by atoms with Crippen LogP contribution in [-0.4, -0.2) is 25.4 Å². The van der Waals surface area contributed by atoms with E-state index in [1.165, 1.54) is 0 Å². The van der Waals surface area contributed by atoms with Crippen LogP contribution in [0.5, 0.6) is 0 Å². The Hall–Kier alpha value is -1.42. The Morgan fingerprint density at radius 2 is 2.23 bits per heavy atom. The van der Waals surface area contributed by atoms with E-state index in [0.29, 0.717) is 6.29 Å². The summed E-state index contributed by atoms with van der Waals surface area (Å²) in [6, 6.07) is 3.07. The van der Waals surface area contributed by atoms with E-state index in [1.54, 1.807) is 12.3 Å². The van der Waals surface area contributed by atoms with Crippen molar-refractivity contribution in [1.82, 2.24) is 4.98 Å². The summed E-state index contributed by atoms with van der Waals surface area (Å²) in [5.41, 5.74) is 6.24. The normalized spacial score (nSPS) is 12.2. The molecule has 1 rings (SSSR count). The van der Waals surface area contributed by atoms with Gasteiger partial charge in [-0.1, -0.05) is 6.07 Å². The van der Waals surface area contributed by atoms with Crippen LogP contribution in [0.2, 0.25) is 0 Å². The minimum atomic E-state index is -0.566. The molecule has 0 radical (unpaired) electrons. The highest BCUT2D eigenvalue weighted by molar-refractivity contribution is 5.61. The topological polar surface area (TPSA) is 59.2 Å². The number of aromatic nitrogens is 1. The molecule has 1 aromatic rings. The molecule has 1 aromatic heterocycles. The molecule has 2 N–H and O–H groups in total. The van der Waals surface area contributed by atoms with Gasteiger partial charge in [-0.25, -0.2) is 4.98 Å². The van der Waals surface area contributed by atoms with E-state index in [-0.39, 0.29) is 0 Å². The molecule has 70 valence electrons. The van der Waals surface area contributed by atoms with E-state index in [0.717, 1.165) is 11.4 Å². The van der Waals surface area contributed by atoms with E-state index in [9.17, 15) is 4.79 Å². The number of carbonyl (C=O) groups is 1. The molecule has 1 atom stereocenters. The number of aldehydes is 1. The van der Waals surface area contributed by atoms with Gasteiger partial charge in [0, 0.05) is 20.3 Å². The summed E-state index contributed by atoms with van der Waals surface area (Å²) in [7, 11) is 3.81. The van der Waals surface area contributed by atoms with Crippen molar-refractivity contribution in [3.63, 3.8) is 0 Å². The van der Waals surface area contributed by atoms with E-state index >= 15 is 0 Å². The predicted molar refractivity (Wildman–Crippen MR) is 51.6 cm³/mol. The molecular formula is C9H13N3O. The number of rotatable bonds is 3. The number of carbonyl (C=O) groups excluding carboxylic acids is 1. The largest absolute Gasteiger partial charge is 0.363 e. The van der Waals surface area contributed by atoms with E-state index in [4.69, 9.17) is 5.73 Å². The molecule has 1 unspecified atom stereocenters. The average molecular weight is 179 g/mol. The quantitative estimate of drug-likeness (QED) is 0.680. The third-order valence-corrected chi connectivity index (χ3v) is 1.76. The monoisotopic (exact) mass is 179 g/mol. The fraction of sp³-hybridized carbons (Fsp3) is 0.333. The van der Waals surface area contributed by atoms with Crippen molar-refractivity contribution in [2.45, 2.75) is 6.04 Å². The van der Waals surface area contributed by atoms with Crippen molar-refractivity contribution in [1.29, 1.82) is 0 Å². The Kier molecular flexibility index (Phi) is 2.97. The van der Waals surface area contributed by atoms with Crippen LogP contribution < -0.4 is 10.6 Å². The molecule has 0 bridgehead atoms. The molecule has 13 heavy (non-hydrogen) atoms. The first-order chi connectivity index (χ1) is 6.15. The molecule has 0 aliphatic carbocycles. The lowest BCUT2D eigenvalue weighted by atomic mass is 10.1. The van der Waals surface area contributed by atoms with E-state index in [2.05, 4.69) is 4.98 Å². The van der Waals surface area contributed by atoms with Crippen LogP contribution in [0.25, 0.3) is 0 Å². The highest BCUT2D eigenvalue weighted by Crippen LogP contribution is 2.11. The van der Waals surface area contributed by atoms with Crippen molar-refractivity contribution >= 4 is 12.1 Å². The third-order valence-electron chi connectivity index (χ3n) is 1.76. The van der Waals surface area contributed by atoms with Gasteiger partial charge in [0.05, 0.1) is 6.04 Å². The second kappa shape index (κ2) is 4.00. The number of hydrogen-bond acceptors (Lipinski definition) is 4. The van der Waals surface area contributed by atoms with Gasteiger partial charge in [0.25, 0.3) is 0 Å². The zero-order valence-corrected chi connectivity index (χ0v) is 7.77. The van der Waals surface area contributed by atoms with Crippen LogP contribution in [-0.2, 0) is 4.79 Å².